The number of aryl methyl sites for hydroxylation is 1. The highest BCUT2D eigenvalue weighted by Gasteiger charge is 2.36. The first-order valence-corrected chi connectivity index (χ1v) is 8.47. The molecular formula is C18H14ClN3O3S. The maximum atomic E-state index is 12.3. The average Bonchev–Trinajstić information content (AvgIpc) is 2.83. The topological polar surface area (TPSA) is 78.5 Å². The summed E-state index contributed by atoms with van der Waals surface area (Å²) >= 11 is 11.1. The van der Waals surface area contributed by atoms with Gasteiger partial charge in [0.15, 0.2) is 5.11 Å². The van der Waals surface area contributed by atoms with Crippen LogP contribution >= 0.6 is 23.8 Å². The molecule has 0 spiro atoms. The van der Waals surface area contributed by atoms with Gasteiger partial charge in [-0.3, -0.25) is 19.3 Å². The Morgan fingerprint density at radius 3 is 2.31 bits per heavy atom. The fourth-order valence-corrected chi connectivity index (χ4v) is 2.94. The molecule has 0 bridgehead atoms. The second-order valence-corrected chi connectivity index (χ2v) is 6.52. The standard InChI is InChI=1S/C18H14ClN3O3S/c1-10-6-7-11(8-14(10)19)20-18(26)21-15(23)9-22-16(24)12-4-2-3-5-13(12)17(22)25/h2-8H,9H2,1H3,(H2,20,21,23,26). The van der Waals surface area contributed by atoms with Gasteiger partial charge in [0.1, 0.15) is 6.54 Å². The fourth-order valence-electron chi connectivity index (χ4n) is 2.53. The summed E-state index contributed by atoms with van der Waals surface area (Å²) in [5.74, 6) is -1.56. The monoisotopic (exact) mass is 387 g/mol. The van der Waals surface area contributed by atoms with Crippen LogP contribution in [0.25, 0.3) is 0 Å². The second-order valence-electron chi connectivity index (χ2n) is 5.71. The van der Waals surface area contributed by atoms with Crippen molar-refractivity contribution in [2.24, 2.45) is 0 Å². The molecule has 0 aliphatic carbocycles. The Hall–Kier alpha value is -2.77. The van der Waals surface area contributed by atoms with Gasteiger partial charge in [0.2, 0.25) is 5.91 Å². The van der Waals surface area contributed by atoms with E-state index in [0.29, 0.717) is 21.8 Å². The number of benzene rings is 2. The third-order valence-electron chi connectivity index (χ3n) is 3.86. The van der Waals surface area contributed by atoms with Crippen LogP contribution in [0, 0.1) is 6.92 Å². The van der Waals surface area contributed by atoms with E-state index in [1.807, 2.05) is 13.0 Å². The van der Waals surface area contributed by atoms with Crippen molar-refractivity contribution in [1.82, 2.24) is 10.2 Å². The molecule has 0 radical (unpaired) electrons. The van der Waals surface area contributed by atoms with E-state index in [1.165, 1.54) is 0 Å². The van der Waals surface area contributed by atoms with Crippen molar-refractivity contribution in [2.45, 2.75) is 6.92 Å². The number of halogens is 1. The summed E-state index contributed by atoms with van der Waals surface area (Å²) in [5, 5.41) is 5.89. The molecule has 0 unspecified atom stereocenters. The number of imide groups is 1. The van der Waals surface area contributed by atoms with Crippen LogP contribution in [0.1, 0.15) is 26.3 Å². The first-order valence-electron chi connectivity index (χ1n) is 7.69. The smallest absolute Gasteiger partial charge is 0.262 e. The Kier molecular flexibility index (Phi) is 5.01. The molecule has 2 aromatic carbocycles. The Balaban J connectivity index is 1.61. The summed E-state index contributed by atoms with van der Waals surface area (Å²) < 4.78 is 0. The molecule has 3 rings (SSSR count). The number of anilines is 1. The molecule has 0 fully saturated rings. The van der Waals surface area contributed by atoms with Gasteiger partial charge in [-0.05, 0) is 49.0 Å². The normalized spacial score (nSPS) is 12.8. The molecule has 2 aromatic rings. The first-order chi connectivity index (χ1) is 12.4. The fraction of sp³-hybridized carbons (Fsp3) is 0.111. The van der Waals surface area contributed by atoms with E-state index >= 15 is 0 Å². The minimum absolute atomic E-state index is 0.0477. The lowest BCUT2D eigenvalue weighted by atomic mass is 10.1. The summed E-state index contributed by atoms with van der Waals surface area (Å²) in [6.45, 7) is 1.46. The van der Waals surface area contributed by atoms with Crippen LogP contribution in [0.4, 0.5) is 5.69 Å². The molecule has 1 aliphatic rings. The Morgan fingerprint density at radius 2 is 1.73 bits per heavy atom. The van der Waals surface area contributed by atoms with Crippen LogP contribution in [0.2, 0.25) is 5.02 Å². The van der Waals surface area contributed by atoms with Gasteiger partial charge < -0.3 is 10.6 Å². The van der Waals surface area contributed by atoms with E-state index < -0.39 is 24.3 Å². The Labute approximate surface area is 160 Å². The van der Waals surface area contributed by atoms with Crippen molar-refractivity contribution in [1.29, 1.82) is 0 Å². The van der Waals surface area contributed by atoms with Crippen molar-refractivity contribution < 1.29 is 14.4 Å². The van der Waals surface area contributed by atoms with E-state index in [1.54, 1.807) is 36.4 Å². The lowest BCUT2D eigenvalue weighted by Gasteiger charge is -2.15. The number of nitrogens with zero attached hydrogens (tertiary/aromatic N) is 1. The van der Waals surface area contributed by atoms with E-state index in [2.05, 4.69) is 10.6 Å². The third kappa shape index (κ3) is 3.58. The van der Waals surface area contributed by atoms with E-state index in [-0.39, 0.29) is 5.11 Å². The predicted molar refractivity (Wildman–Crippen MR) is 102 cm³/mol. The number of thiocarbonyl (C=S) groups is 1. The number of hydrogen-bond donors (Lipinski definition) is 2. The van der Waals surface area contributed by atoms with Gasteiger partial charge in [0, 0.05) is 10.7 Å². The third-order valence-corrected chi connectivity index (χ3v) is 4.47. The van der Waals surface area contributed by atoms with Crippen LogP contribution in [0.15, 0.2) is 42.5 Å². The van der Waals surface area contributed by atoms with E-state index in [4.69, 9.17) is 23.8 Å². The molecule has 1 heterocycles. The molecule has 0 atom stereocenters. The molecule has 0 aromatic heterocycles. The van der Waals surface area contributed by atoms with Crippen LogP contribution in [-0.4, -0.2) is 34.3 Å². The zero-order valence-corrected chi connectivity index (χ0v) is 15.3. The van der Waals surface area contributed by atoms with Gasteiger partial charge in [-0.2, -0.15) is 0 Å². The first kappa shape index (κ1) is 18.0. The number of hydrogen-bond acceptors (Lipinski definition) is 4. The largest absolute Gasteiger partial charge is 0.332 e. The lowest BCUT2D eigenvalue weighted by Crippen LogP contribution is -2.43. The van der Waals surface area contributed by atoms with Crippen LogP contribution in [0.5, 0.6) is 0 Å². The minimum Gasteiger partial charge on any atom is -0.332 e. The Morgan fingerprint density at radius 1 is 1.12 bits per heavy atom. The van der Waals surface area contributed by atoms with E-state index in [0.717, 1.165) is 10.5 Å². The zero-order chi connectivity index (χ0) is 18.8. The zero-order valence-electron chi connectivity index (χ0n) is 13.7. The number of rotatable bonds is 3. The highest BCUT2D eigenvalue weighted by Crippen LogP contribution is 2.22. The number of nitrogens with one attached hydrogen (secondary N) is 2. The Bertz CT molecular complexity index is 910. The van der Waals surface area contributed by atoms with Crippen molar-refractivity contribution in [3.8, 4) is 0 Å². The maximum Gasteiger partial charge on any atom is 0.262 e. The lowest BCUT2D eigenvalue weighted by molar-refractivity contribution is -0.120. The molecule has 8 heteroatoms. The molecule has 3 amide bonds. The van der Waals surface area contributed by atoms with Gasteiger partial charge >= 0.3 is 0 Å². The summed E-state index contributed by atoms with van der Waals surface area (Å²) in [7, 11) is 0. The summed E-state index contributed by atoms with van der Waals surface area (Å²) in [6.07, 6.45) is 0. The van der Waals surface area contributed by atoms with Gasteiger partial charge in [0.25, 0.3) is 11.8 Å². The van der Waals surface area contributed by atoms with Gasteiger partial charge in [-0.25, -0.2) is 0 Å². The average molecular weight is 388 g/mol. The predicted octanol–water partition coefficient (Wildman–Crippen LogP) is 2.76. The molecule has 6 nitrogen and oxygen atoms in total. The molecule has 26 heavy (non-hydrogen) atoms. The van der Waals surface area contributed by atoms with Crippen LogP contribution in [-0.2, 0) is 4.79 Å². The number of carbonyl (C=O) groups excluding carboxylic acids is 3. The van der Waals surface area contributed by atoms with Crippen molar-refractivity contribution in [3.63, 3.8) is 0 Å². The van der Waals surface area contributed by atoms with Crippen molar-refractivity contribution >= 4 is 52.3 Å². The van der Waals surface area contributed by atoms with Crippen molar-refractivity contribution in [2.75, 3.05) is 11.9 Å². The van der Waals surface area contributed by atoms with E-state index in [9.17, 15) is 14.4 Å². The molecule has 2 N–H and O–H groups in total. The molecule has 132 valence electrons. The second kappa shape index (κ2) is 7.23. The summed E-state index contributed by atoms with van der Waals surface area (Å²) in [4.78, 5) is 37.5. The minimum atomic E-state index is -0.574. The maximum absolute atomic E-state index is 12.3. The van der Waals surface area contributed by atoms with Gasteiger partial charge in [-0.15, -0.1) is 0 Å². The van der Waals surface area contributed by atoms with Gasteiger partial charge in [-0.1, -0.05) is 29.8 Å². The number of fused-ring (bicyclic) bond motifs is 1. The molecule has 1 aliphatic heterocycles. The molecule has 0 saturated heterocycles. The highest BCUT2D eigenvalue weighted by atomic mass is 35.5. The van der Waals surface area contributed by atoms with Crippen LogP contribution < -0.4 is 10.6 Å². The quantitative estimate of drug-likeness (QED) is 0.625. The van der Waals surface area contributed by atoms with Gasteiger partial charge in [0.05, 0.1) is 11.1 Å². The molecular weight excluding hydrogens is 374 g/mol. The summed E-state index contributed by atoms with van der Waals surface area (Å²) in [6, 6.07) is 11.7. The number of amides is 3. The van der Waals surface area contributed by atoms with Crippen molar-refractivity contribution in [3.05, 3.63) is 64.2 Å². The highest BCUT2D eigenvalue weighted by molar-refractivity contribution is 7.80. The SMILES string of the molecule is Cc1ccc(NC(=S)NC(=O)CN2C(=O)c3ccccc3C2=O)cc1Cl. The molecule has 0 saturated carbocycles. The van der Waals surface area contributed by atoms with Crippen LogP contribution in [0.3, 0.4) is 0 Å². The summed E-state index contributed by atoms with van der Waals surface area (Å²) in [5.41, 5.74) is 2.12. The number of carbonyl (C=O) groups is 3.